The van der Waals surface area contributed by atoms with E-state index in [0.29, 0.717) is 0 Å². The second-order valence-electron chi connectivity index (χ2n) is 5.03. The van der Waals surface area contributed by atoms with Crippen LogP contribution in [0.15, 0.2) is 24.4 Å². The molecular weight excluding hydrogens is 222 g/mol. The average Bonchev–Trinajstić information content (AvgIpc) is 2.40. The number of hydrogen-bond donors (Lipinski definition) is 1. The largest absolute Gasteiger partial charge is 0.354 e. The van der Waals surface area contributed by atoms with Gasteiger partial charge in [0.05, 0.1) is 0 Å². The number of nitrogens with one attached hydrogen (secondary N) is 1. The maximum atomic E-state index is 4.60. The van der Waals surface area contributed by atoms with Crippen molar-refractivity contribution in [2.75, 3.05) is 31.1 Å². The summed E-state index contributed by atoms with van der Waals surface area (Å²) < 4.78 is 0. The Bertz CT molecular complexity index is 571. The summed E-state index contributed by atoms with van der Waals surface area (Å²) in [5.41, 5.74) is 2.69. The van der Waals surface area contributed by atoms with Gasteiger partial charge < -0.3 is 10.2 Å². The zero-order valence-electron chi connectivity index (χ0n) is 11.0. The third kappa shape index (κ3) is 1.95. The normalized spacial score (nSPS) is 16.2. The summed E-state index contributed by atoms with van der Waals surface area (Å²) in [6.07, 6.45) is 1.93. The van der Waals surface area contributed by atoms with Crippen molar-refractivity contribution in [1.82, 2.24) is 10.3 Å². The van der Waals surface area contributed by atoms with E-state index in [-0.39, 0.29) is 0 Å². The van der Waals surface area contributed by atoms with Crippen molar-refractivity contribution in [2.45, 2.75) is 13.8 Å². The van der Waals surface area contributed by atoms with Gasteiger partial charge in [0, 0.05) is 37.8 Å². The molecule has 0 unspecified atom stereocenters. The number of aromatic nitrogens is 1. The van der Waals surface area contributed by atoms with Crippen LogP contribution in [0.2, 0.25) is 0 Å². The van der Waals surface area contributed by atoms with Gasteiger partial charge in [0.25, 0.3) is 0 Å². The molecule has 1 aliphatic heterocycles. The highest BCUT2D eigenvalue weighted by atomic mass is 15.2. The molecule has 1 aromatic heterocycles. The lowest BCUT2D eigenvalue weighted by Crippen LogP contribution is -2.43. The summed E-state index contributed by atoms with van der Waals surface area (Å²) in [4.78, 5) is 6.98. The third-order valence-electron chi connectivity index (χ3n) is 3.77. The molecule has 1 saturated heterocycles. The Morgan fingerprint density at radius 2 is 1.83 bits per heavy atom. The first kappa shape index (κ1) is 11.5. The van der Waals surface area contributed by atoms with E-state index in [2.05, 4.69) is 47.2 Å². The molecule has 0 bridgehead atoms. The van der Waals surface area contributed by atoms with Gasteiger partial charge >= 0.3 is 0 Å². The van der Waals surface area contributed by atoms with E-state index < -0.39 is 0 Å². The smallest absolute Gasteiger partial charge is 0.136 e. The van der Waals surface area contributed by atoms with Gasteiger partial charge in [0.1, 0.15) is 5.82 Å². The standard InChI is InChI=1S/C15H19N3/c1-11-9-13-3-4-17-15(14(13)10-12(11)2)18-7-5-16-6-8-18/h3-4,9-10,16H,5-8H2,1-2H3. The quantitative estimate of drug-likeness (QED) is 0.830. The van der Waals surface area contributed by atoms with Crippen LogP contribution in [0.25, 0.3) is 10.8 Å². The number of aryl methyl sites for hydroxylation is 2. The molecule has 2 heterocycles. The average molecular weight is 241 g/mol. The van der Waals surface area contributed by atoms with Gasteiger partial charge in [-0.1, -0.05) is 6.07 Å². The summed E-state index contributed by atoms with van der Waals surface area (Å²) in [5.74, 6) is 1.14. The fourth-order valence-corrected chi connectivity index (χ4v) is 2.56. The second kappa shape index (κ2) is 4.58. The first-order chi connectivity index (χ1) is 8.75. The minimum absolute atomic E-state index is 1.04. The highest BCUT2D eigenvalue weighted by Crippen LogP contribution is 2.27. The SMILES string of the molecule is Cc1cc2ccnc(N3CCNCC3)c2cc1C. The van der Waals surface area contributed by atoms with Crippen LogP contribution in [0.4, 0.5) is 5.82 Å². The summed E-state index contributed by atoms with van der Waals surface area (Å²) in [5, 5.41) is 5.96. The minimum Gasteiger partial charge on any atom is -0.354 e. The summed E-state index contributed by atoms with van der Waals surface area (Å²) in [6, 6.07) is 6.64. The molecule has 0 spiro atoms. The number of hydrogen-bond acceptors (Lipinski definition) is 3. The Kier molecular flexibility index (Phi) is 2.92. The molecule has 18 heavy (non-hydrogen) atoms. The Morgan fingerprint density at radius 1 is 1.11 bits per heavy atom. The molecule has 3 heteroatoms. The van der Waals surface area contributed by atoms with Crippen LogP contribution < -0.4 is 10.2 Å². The van der Waals surface area contributed by atoms with Crippen LogP contribution in [-0.2, 0) is 0 Å². The number of fused-ring (bicyclic) bond motifs is 1. The van der Waals surface area contributed by atoms with Crippen molar-refractivity contribution in [2.24, 2.45) is 0 Å². The van der Waals surface area contributed by atoms with Crippen molar-refractivity contribution < 1.29 is 0 Å². The predicted molar refractivity (Wildman–Crippen MR) is 76.3 cm³/mol. The van der Waals surface area contributed by atoms with Crippen LogP contribution in [0, 0.1) is 13.8 Å². The maximum absolute atomic E-state index is 4.60. The fraction of sp³-hybridized carbons (Fsp3) is 0.400. The fourth-order valence-electron chi connectivity index (χ4n) is 2.56. The van der Waals surface area contributed by atoms with E-state index in [1.165, 1.54) is 21.9 Å². The van der Waals surface area contributed by atoms with Gasteiger partial charge in [0.15, 0.2) is 0 Å². The van der Waals surface area contributed by atoms with Crippen molar-refractivity contribution in [3.05, 3.63) is 35.5 Å². The van der Waals surface area contributed by atoms with E-state index >= 15 is 0 Å². The van der Waals surface area contributed by atoms with E-state index in [1.807, 2.05) is 6.20 Å². The molecule has 0 radical (unpaired) electrons. The number of piperazine rings is 1. The van der Waals surface area contributed by atoms with Gasteiger partial charge in [-0.2, -0.15) is 0 Å². The van der Waals surface area contributed by atoms with Crippen LogP contribution >= 0.6 is 0 Å². The molecule has 0 atom stereocenters. The zero-order valence-corrected chi connectivity index (χ0v) is 11.0. The van der Waals surface area contributed by atoms with Crippen LogP contribution in [0.3, 0.4) is 0 Å². The Hall–Kier alpha value is -1.61. The summed E-state index contributed by atoms with van der Waals surface area (Å²) >= 11 is 0. The molecule has 0 saturated carbocycles. The molecule has 94 valence electrons. The van der Waals surface area contributed by atoms with Crippen LogP contribution in [-0.4, -0.2) is 31.2 Å². The molecule has 0 amide bonds. The van der Waals surface area contributed by atoms with Crippen molar-refractivity contribution in [3.63, 3.8) is 0 Å². The molecule has 1 fully saturated rings. The topological polar surface area (TPSA) is 28.2 Å². The van der Waals surface area contributed by atoms with Gasteiger partial charge in [-0.25, -0.2) is 4.98 Å². The zero-order chi connectivity index (χ0) is 12.5. The maximum Gasteiger partial charge on any atom is 0.136 e. The van der Waals surface area contributed by atoms with E-state index in [9.17, 15) is 0 Å². The monoisotopic (exact) mass is 241 g/mol. The van der Waals surface area contributed by atoms with E-state index in [0.717, 1.165) is 32.0 Å². The van der Waals surface area contributed by atoms with E-state index in [4.69, 9.17) is 0 Å². The van der Waals surface area contributed by atoms with Gasteiger partial charge in [0.2, 0.25) is 0 Å². The first-order valence-corrected chi connectivity index (χ1v) is 6.57. The van der Waals surface area contributed by atoms with Crippen LogP contribution in [0.5, 0.6) is 0 Å². The lowest BCUT2D eigenvalue weighted by Gasteiger charge is -2.29. The second-order valence-corrected chi connectivity index (χ2v) is 5.03. The lowest BCUT2D eigenvalue weighted by atomic mass is 10.0. The molecule has 3 rings (SSSR count). The van der Waals surface area contributed by atoms with Crippen molar-refractivity contribution in [1.29, 1.82) is 0 Å². The van der Waals surface area contributed by atoms with E-state index in [1.54, 1.807) is 0 Å². The molecule has 1 N–H and O–H groups in total. The molecule has 3 nitrogen and oxygen atoms in total. The van der Waals surface area contributed by atoms with Crippen molar-refractivity contribution >= 4 is 16.6 Å². The third-order valence-corrected chi connectivity index (χ3v) is 3.77. The van der Waals surface area contributed by atoms with Crippen LogP contribution in [0.1, 0.15) is 11.1 Å². The molecule has 2 aromatic rings. The Balaban J connectivity index is 2.13. The molecule has 1 aromatic carbocycles. The lowest BCUT2D eigenvalue weighted by molar-refractivity contribution is 0.586. The predicted octanol–water partition coefficient (Wildman–Crippen LogP) is 2.26. The number of anilines is 1. The number of rotatable bonds is 1. The highest BCUT2D eigenvalue weighted by Gasteiger charge is 2.14. The minimum atomic E-state index is 1.04. The van der Waals surface area contributed by atoms with Gasteiger partial charge in [-0.3, -0.25) is 0 Å². The molecular formula is C15H19N3. The first-order valence-electron chi connectivity index (χ1n) is 6.57. The number of nitrogens with zero attached hydrogens (tertiary/aromatic N) is 2. The summed E-state index contributed by atoms with van der Waals surface area (Å²) in [6.45, 7) is 8.51. The van der Waals surface area contributed by atoms with Crippen molar-refractivity contribution in [3.8, 4) is 0 Å². The molecule has 0 aliphatic carbocycles. The number of benzene rings is 1. The summed E-state index contributed by atoms with van der Waals surface area (Å²) in [7, 11) is 0. The molecule has 1 aliphatic rings. The Morgan fingerprint density at radius 3 is 2.61 bits per heavy atom. The number of pyridine rings is 1. The van der Waals surface area contributed by atoms with Gasteiger partial charge in [-0.05, 0) is 42.5 Å². The Labute approximate surface area is 108 Å². The highest BCUT2D eigenvalue weighted by molar-refractivity contribution is 5.93. The van der Waals surface area contributed by atoms with Gasteiger partial charge in [-0.15, -0.1) is 0 Å².